The van der Waals surface area contributed by atoms with E-state index >= 15 is 0 Å². The molecule has 1 heterocycles. The Morgan fingerprint density at radius 1 is 1.19 bits per heavy atom. The minimum absolute atomic E-state index is 0.107. The topological polar surface area (TPSA) is 76.1 Å². The van der Waals surface area contributed by atoms with Crippen LogP contribution in [0.1, 0.15) is 10.5 Å². The van der Waals surface area contributed by atoms with Crippen molar-refractivity contribution in [1.29, 1.82) is 0 Å². The first-order chi connectivity index (χ1) is 12.6. The van der Waals surface area contributed by atoms with Crippen LogP contribution in [0.3, 0.4) is 0 Å². The first-order valence-corrected chi connectivity index (χ1v) is 7.94. The van der Waals surface area contributed by atoms with Gasteiger partial charge in [0.1, 0.15) is 17.3 Å². The summed E-state index contributed by atoms with van der Waals surface area (Å²) in [5.41, 5.74) is 0.820. The molecule has 0 spiro atoms. The molecule has 0 unspecified atom stereocenters. The first kappa shape index (κ1) is 17.6. The number of nitrogens with zero attached hydrogens (tertiary/aromatic N) is 2. The van der Waals surface area contributed by atoms with E-state index in [-0.39, 0.29) is 17.3 Å². The molecule has 0 saturated heterocycles. The second-order valence-electron chi connectivity index (χ2n) is 5.17. The Morgan fingerprint density at radius 2 is 2.00 bits per heavy atom. The van der Waals surface area contributed by atoms with Crippen LogP contribution in [0.25, 0.3) is 0 Å². The number of carbonyl (C=O) groups excluding carboxylic acids is 1. The molecule has 26 heavy (non-hydrogen) atoms. The molecule has 1 aromatic heterocycles. The van der Waals surface area contributed by atoms with Crippen LogP contribution in [0.4, 0.5) is 21.7 Å². The van der Waals surface area contributed by atoms with Gasteiger partial charge < -0.3 is 15.4 Å². The number of carbonyl (C=O) groups is 1. The summed E-state index contributed by atoms with van der Waals surface area (Å²) in [5.74, 6) is -0.289. The zero-order chi connectivity index (χ0) is 18.5. The highest BCUT2D eigenvalue weighted by atomic mass is 35.5. The highest BCUT2D eigenvalue weighted by Crippen LogP contribution is 2.27. The van der Waals surface area contributed by atoms with Gasteiger partial charge in [0.25, 0.3) is 5.91 Å². The quantitative estimate of drug-likeness (QED) is 0.699. The van der Waals surface area contributed by atoms with Gasteiger partial charge in [-0.2, -0.15) is 0 Å². The molecule has 8 heteroatoms. The fourth-order valence-electron chi connectivity index (χ4n) is 2.17. The Bertz CT molecular complexity index is 952. The number of halogens is 2. The van der Waals surface area contributed by atoms with Crippen LogP contribution in [0.15, 0.2) is 54.7 Å². The Labute approximate surface area is 154 Å². The summed E-state index contributed by atoms with van der Waals surface area (Å²) in [6, 6.07) is 12.4. The maximum absolute atomic E-state index is 13.7. The Morgan fingerprint density at radius 3 is 2.73 bits per heavy atom. The molecule has 0 aliphatic rings. The van der Waals surface area contributed by atoms with E-state index in [4.69, 9.17) is 16.3 Å². The van der Waals surface area contributed by atoms with Crippen LogP contribution in [-0.2, 0) is 0 Å². The van der Waals surface area contributed by atoms with Crippen molar-refractivity contribution in [3.8, 4) is 5.75 Å². The normalized spacial score (nSPS) is 10.3. The van der Waals surface area contributed by atoms with Crippen molar-refractivity contribution >= 4 is 34.8 Å². The SMILES string of the molecule is COc1ccc(NC(=O)c2ccnc(Nc3ccccc3F)n2)cc1Cl. The summed E-state index contributed by atoms with van der Waals surface area (Å²) >= 11 is 6.04. The van der Waals surface area contributed by atoms with Crippen LogP contribution in [0.5, 0.6) is 5.75 Å². The molecule has 3 aromatic rings. The molecule has 0 atom stereocenters. The molecular weight excluding hydrogens is 359 g/mol. The Hall–Kier alpha value is -3.19. The predicted octanol–water partition coefficient (Wildman–Crippen LogP) is 4.27. The summed E-state index contributed by atoms with van der Waals surface area (Å²) in [6.45, 7) is 0. The zero-order valence-electron chi connectivity index (χ0n) is 13.7. The number of hydrogen-bond acceptors (Lipinski definition) is 5. The fourth-order valence-corrected chi connectivity index (χ4v) is 2.43. The molecule has 0 fully saturated rings. The molecule has 6 nitrogen and oxygen atoms in total. The van der Waals surface area contributed by atoms with E-state index < -0.39 is 11.7 Å². The van der Waals surface area contributed by atoms with Gasteiger partial charge in [-0.15, -0.1) is 0 Å². The lowest BCUT2D eigenvalue weighted by molar-refractivity contribution is 0.102. The van der Waals surface area contributed by atoms with Gasteiger partial charge in [0.15, 0.2) is 0 Å². The predicted molar refractivity (Wildman–Crippen MR) is 97.7 cm³/mol. The lowest BCUT2D eigenvalue weighted by Gasteiger charge is -2.09. The average Bonchev–Trinajstić information content (AvgIpc) is 2.64. The molecular formula is C18H14ClFN4O2. The summed E-state index contributed by atoms with van der Waals surface area (Å²) in [5, 5.41) is 5.79. The highest BCUT2D eigenvalue weighted by Gasteiger charge is 2.11. The number of amides is 1. The van der Waals surface area contributed by atoms with Gasteiger partial charge in [0.2, 0.25) is 5.95 Å². The molecule has 2 aromatic carbocycles. The van der Waals surface area contributed by atoms with Crippen LogP contribution < -0.4 is 15.4 Å². The monoisotopic (exact) mass is 372 g/mol. The van der Waals surface area contributed by atoms with Crippen molar-refractivity contribution in [1.82, 2.24) is 9.97 Å². The van der Waals surface area contributed by atoms with Crippen molar-refractivity contribution in [2.24, 2.45) is 0 Å². The van der Waals surface area contributed by atoms with E-state index in [0.29, 0.717) is 16.5 Å². The van der Waals surface area contributed by atoms with Gasteiger partial charge in [-0.3, -0.25) is 4.79 Å². The van der Waals surface area contributed by atoms with Crippen molar-refractivity contribution in [3.05, 3.63) is 71.3 Å². The van der Waals surface area contributed by atoms with E-state index in [1.54, 1.807) is 36.4 Å². The summed E-state index contributed by atoms with van der Waals surface area (Å²) in [6.07, 6.45) is 1.41. The number of benzene rings is 2. The standard InChI is InChI=1S/C18H14ClFN4O2/c1-26-16-7-6-11(10-12(16)19)22-17(25)15-8-9-21-18(24-15)23-14-5-3-2-4-13(14)20/h2-10H,1H3,(H,22,25)(H,21,23,24). The van der Waals surface area contributed by atoms with Crippen LogP contribution >= 0.6 is 11.6 Å². The van der Waals surface area contributed by atoms with Gasteiger partial charge in [0, 0.05) is 11.9 Å². The van der Waals surface area contributed by atoms with Gasteiger partial charge in [-0.1, -0.05) is 23.7 Å². The number of ether oxygens (including phenoxy) is 1. The third-order valence-corrected chi connectivity index (χ3v) is 3.71. The van der Waals surface area contributed by atoms with Gasteiger partial charge >= 0.3 is 0 Å². The second-order valence-corrected chi connectivity index (χ2v) is 5.58. The number of methoxy groups -OCH3 is 1. The van der Waals surface area contributed by atoms with Crippen molar-refractivity contribution in [3.63, 3.8) is 0 Å². The molecule has 0 aliphatic carbocycles. The van der Waals surface area contributed by atoms with Gasteiger partial charge in [-0.25, -0.2) is 14.4 Å². The second kappa shape index (κ2) is 7.79. The fraction of sp³-hybridized carbons (Fsp3) is 0.0556. The van der Waals surface area contributed by atoms with E-state index in [0.717, 1.165) is 0 Å². The summed E-state index contributed by atoms with van der Waals surface area (Å²) < 4.78 is 18.8. The van der Waals surface area contributed by atoms with Crippen molar-refractivity contribution in [2.75, 3.05) is 17.7 Å². The zero-order valence-corrected chi connectivity index (χ0v) is 14.4. The molecule has 1 amide bonds. The lowest BCUT2D eigenvalue weighted by Crippen LogP contribution is -2.15. The number of para-hydroxylation sites is 1. The first-order valence-electron chi connectivity index (χ1n) is 7.56. The van der Waals surface area contributed by atoms with E-state index in [1.165, 1.54) is 25.4 Å². The summed E-state index contributed by atoms with van der Waals surface area (Å²) in [7, 11) is 1.50. The third kappa shape index (κ3) is 4.07. The van der Waals surface area contributed by atoms with Gasteiger partial charge in [-0.05, 0) is 36.4 Å². The lowest BCUT2D eigenvalue weighted by atomic mass is 10.3. The van der Waals surface area contributed by atoms with E-state index in [2.05, 4.69) is 20.6 Å². The third-order valence-electron chi connectivity index (χ3n) is 3.42. The Balaban J connectivity index is 1.76. The largest absolute Gasteiger partial charge is 0.495 e. The average molecular weight is 373 g/mol. The molecule has 2 N–H and O–H groups in total. The summed E-state index contributed by atoms with van der Waals surface area (Å²) in [4.78, 5) is 20.5. The number of nitrogens with one attached hydrogen (secondary N) is 2. The number of anilines is 3. The molecule has 132 valence electrons. The van der Waals surface area contributed by atoms with Crippen molar-refractivity contribution in [2.45, 2.75) is 0 Å². The van der Waals surface area contributed by atoms with Gasteiger partial charge in [0.05, 0.1) is 17.8 Å². The molecule has 0 radical (unpaired) electrons. The number of rotatable bonds is 5. The number of hydrogen-bond donors (Lipinski definition) is 2. The Kier molecular flexibility index (Phi) is 5.28. The minimum Gasteiger partial charge on any atom is -0.495 e. The maximum atomic E-state index is 13.7. The van der Waals surface area contributed by atoms with Crippen LogP contribution in [-0.4, -0.2) is 23.0 Å². The number of aromatic nitrogens is 2. The van der Waals surface area contributed by atoms with E-state index in [1.807, 2.05) is 0 Å². The molecule has 0 saturated carbocycles. The minimum atomic E-state index is -0.454. The van der Waals surface area contributed by atoms with E-state index in [9.17, 15) is 9.18 Å². The maximum Gasteiger partial charge on any atom is 0.274 e. The smallest absolute Gasteiger partial charge is 0.274 e. The molecule has 0 bridgehead atoms. The highest BCUT2D eigenvalue weighted by molar-refractivity contribution is 6.32. The molecule has 3 rings (SSSR count). The van der Waals surface area contributed by atoms with Crippen LogP contribution in [0, 0.1) is 5.82 Å². The molecule has 0 aliphatic heterocycles. The van der Waals surface area contributed by atoms with Crippen LogP contribution in [0.2, 0.25) is 5.02 Å². The van der Waals surface area contributed by atoms with Crippen molar-refractivity contribution < 1.29 is 13.9 Å².